The molecule has 0 spiro atoms. The van der Waals surface area contributed by atoms with Gasteiger partial charge >= 0.3 is 0 Å². The first-order valence-electron chi connectivity index (χ1n) is 8.14. The molecule has 3 aromatic rings. The summed E-state index contributed by atoms with van der Waals surface area (Å²) in [5, 5.41) is 4.70. The third-order valence-corrected chi connectivity index (χ3v) is 6.25. The summed E-state index contributed by atoms with van der Waals surface area (Å²) in [6.45, 7) is 5.25. The lowest BCUT2D eigenvalue weighted by Crippen LogP contribution is -2.47. The fourth-order valence-electron chi connectivity index (χ4n) is 3.11. The molecule has 0 unspecified atom stereocenters. The average molecular weight is 374 g/mol. The second-order valence-corrected chi connectivity index (χ2v) is 7.91. The lowest BCUT2D eigenvalue weighted by Gasteiger charge is -2.33. The Hall–Kier alpha value is -2.03. The quantitative estimate of drug-likeness (QED) is 0.764. The second-order valence-electron chi connectivity index (χ2n) is 6.10. The predicted octanol–water partition coefficient (Wildman–Crippen LogP) is 2.38. The zero-order chi connectivity index (χ0) is 17.4. The minimum absolute atomic E-state index is 0.0768. The number of nitrogens with zero attached hydrogens (tertiary/aromatic N) is 3. The third-order valence-electron chi connectivity index (χ3n) is 4.47. The molecule has 8 heteroatoms. The standard InChI is InChI=1S/C17H18N4O2S2/c1-11(22)21-6-4-20(5-7-21)9-14-18-16(23)15-12(10-25-17(15)19-14)13-3-2-8-24-13/h2-3,8,10H,4-7,9H2,1H3,(H,18,19,23). The van der Waals surface area contributed by atoms with Crippen LogP contribution >= 0.6 is 22.7 Å². The molecule has 6 nitrogen and oxygen atoms in total. The van der Waals surface area contributed by atoms with Crippen LogP contribution in [-0.2, 0) is 11.3 Å². The zero-order valence-corrected chi connectivity index (χ0v) is 15.5. The van der Waals surface area contributed by atoms with E-state index in [1.807, 2.05) is 27.8 Å². The number of thiophene rings is 2. The van der Waals surface area contributed by atoms with Crippen LogP contribution in [0.5, 0.6) is 0 Å². The predicted molar refractivity (Wildman–Crippen MR) is 101 cm³/mol. The molecule has 0 radical (unpaired) electrons. The fraction of sp³-hybridized carbons (Fsp3) is 0.353. The number of carbonyl (C=O) groups is 1. The first kappa shape index (κ1) is 16.4. The van der Waals surface area contributed by atoms with Crippen molar-refractivity contribution in [1.29, 1.82) is 0 Å². The van der Waals surface area contributed by atoms with Crippen LogP contribution in [0.15, 0.2) is 27.7 Å². The van der Waals surface area contributed by atoms with Crippen molar-refractivity contribution in [2.45, 2.75) is 13.5 Å². The van der Waals surface area contributed by atoms with Crippen molar-refractivity contribution < 1.29 is 4.79 Å². The lowest BCUT2D eigenvalue weighted by molar-refractivity contribution is -0.130. The van der Waals surface area contributed by atoms with Crippen molar-refractivity contribution in [3.8, 4) is 10.4 Å². The third kappa shape index (κ3) is 3.24. The van der Waals surface area contributed by atoms with Gasteiger partial charge in [-0.3, -0.25) is 14.5 Å². The van der Waals surface area contributed by atoms with Crippen molar-refractivity contribution >= 4 is 38.8 Å². The van der Waals surface area contributed by atoms with E-state index >= 15 is 0 Å². The molecular formula is C17H18N4O2S2. The summed E-state index contributed by atoms with van der Waals surface area (Å²) < 4.78 is 0. The number of piperazine rings is 1. The Morgan fingerprint density at radius 1 is 1.28 bits per heavy atom. The van der Waals surface area contributed by atoms with Gasteiger partial charge in [-0.05, 0) is 11.4 Å². The van der Waals surface area contributed by atoms with E-state index < -0.39 is 0 Å². The van der Waals surface area contributed by atoms with Gasteiger partial charge in [-0.1, -0.05) is 6.07 Å². The highest BCUT2D eigenvalue weighted by atomic mass is 32.1. The summed E-state index contributed by atoms with van der Waals surface area (Å²) in [6.07, 6.45) is 0. The highest BCUT2D eigenvalue weighted by Crippen LogP contribution is 2.33. The number of carbonyl (C=O) groups excluding carboxylic acids is 1. The van der Waals surface area contributed by atoms with Crippen LogP contribution in [0.25, 0.3) is 20.7 Å². The first-order chi connectivity index (χ1) is 12.1. The topological polar surface area (TPSA) is 69.3 Å². The van der Waals surface area contributed by atoms with Crippen LogP contribution < -0.4 is 5.56 Å². The molecule has 1 amide bonds. The van der Waals surface area contributed by atoms with Crippen LogP contribution in [0.3, 0.4) is 0 Å². The molecule has 3 aromatic heterocycles. The van der Waals surface area contributed by atoms with E-state index in [0.717, 1.165) is 41.5 Å². The highest BCUT2D eigenvalue weighted by molar-refractivity contribution is 7.18. The van der Waals surface area contributed by atoms with Crippen molar-refractivity contribution in [2.75, 3.05) is 26.2 Å². The van der Waals surface area contributed by atoms with E-state index in [1.54, 1.807) is 18.3 Å². The van der Waals surface area contributed by atoms with Gasteiger partial charge in [-0.15, -0.1) is 22.7 Å². The molecule has 0 saturated carbocycles. The number of aromatic nitrogens is 2. The smallest absolute Gasteiger partial charge is 0.260 e. The Bertz CT molecular complexity index is 953. The molecule has 4 heterocycles. The van der Waals surface area contributed by atoms with E-state index in [1.165, 1.54) is 11.3 Å². The van der Waals surface area contributed by atoms with Crippen molar-refractivity contribution in [3.05, 3.63) is 39.1 Å². The van der Waals surface area contributed by atoms with Gasteiger partial charge in [0.05, 0.1) is 11.9 Å². The molecule has 4 rings (SSSR count). The van der Waals surface area contributed by atoms with Gasteiger partial charge in [0, 0.05) is 48.9 Å². The minimum Gasteiger partial charge on any atom is -0.340 e. The fourth-order valence-corrected chi connectivity index (χ4v) is 4.90. The van der Waals surface area contributed by atoms with E-state index in [-0.39, 0.29) is 11.5 Å². The van der Waals surface area contributed by atoms with E-state index in [4.69, 9.17) is 0 Å². The van der Waals surface area contributed by atoms with Gasteiger partial charge in [-0.2, -0.15) is 0 Å². The SMILES string of the molecule is CC(=O)N1CCN(Cc2nc3scc(-c4cccs4)c3c(=O)[nH]2)CC1. The van der Waals surface area contributed by atoms with Gasteiger partial charge in [0.2, 0.25) is 5.91 Å². The van der Waals surface area contributed by atoms with Gasteiger partial charge in [-0.25, -0.2) is 4.98 Å². The number of fused-ring (bicyclic) bond motifs is 1. The number of amides is 1. The van der Waals surface area contributed by atoms with Crippen LogP contribution in [0.1, 0.15) is 12.7 Å². The number of nitrogens with one attached hydrogen (secondary N) is 1. The number of hydrogen-bond acceptors (Lipinski definition) is 6. The van der Waals surface area contributed by atoms with Gasteiger partial charge in [0.25, 0.3) is 5.56 Å². The van der Waals surface area contributed by atoms with Gasteiger partial charge < -0.3 is 9.88 Å². The van der Waals surface area contributed by atoms with Crippen molar-refractivity contribution in [2.24, 2.45) is 0 Å². The summed E-state index contributed by atoms with van der Waals surface area (Å²) >= 11 is 3.14. The number of hydrogen-bond donors (Lipinski definition) is 1. The normalized spacial score (nSPS) is 15.8. The molecule has 130 valence electrons. The zero-order valence-electron chi connectivity index (χ0n) is 13.8. The lowest BCUT2D eigenvalue weighted by atomic mass is 10.2. The maximum atomic E-state index is 12.6. The summed E-state index contributed by atoms with van der Waals surface area (Å²) in [6, 6.07) is 4.01. The molecule has 1 aliphatic rings. The van der Waals surface area contributed by atoms with Crippen LogP contribution in [0.4, 0.5) is 0 Å². The monoisotopic (exact) mass is 374 g/mol. The highest BCUT2D eigenvalue weighted by Gasteiger charge is 2.20. The molecule has 1 aliphatic heterocycles. The summed E-state index contributed by atoms with van der Waals surface area (Å²) in [7, 11) is 0. The summed E-state index contributed by atoms with van der Waals surface area (Å²) in [5.41, 5.74) is 0.886. The molecule has 1 saturated heterocycles. The minimum atomic E-state index is -0.0768. The molecule has 1 N–H and O–H groups in total. The Balaban J connectivity index is 1.56. The Kier molecular flexibility index (Phi) is 4.41. The number of H-pyrrole nitrogens is 1. The van der Waals surface area contributed by atoms with E-state index in [9.17, 15) is 9.59 Å². The Morgan fingerprint density at radius 3 is 2.76 bits per heavy atom. The molecule has 0 atom stereocenters. The Morgan fingerprint density at radius 2 is 2.08 bits per heavy atom. The van der Waals surface area contributed by atoms with Gasteiger partial charge in [0.1, 0.15) is 10.7 Å². The van der Waals surface area contributed by atoms with Gasteiger partial charge in [0.15, 0.2) is 0 Å². The Labute approximate surface area is 152 Å². The summed E-state index contributed by atoms with van der Waals surface area (Å²) in [5.74, 6) is 0.806. The number of rotatable bonds is 3. The molecular weight excluding hydrogens is 356 g/mol. The molecule has 0 aromatic carbocycles. The molecule has 25 heavy (non-hydrogen) atoms. The average Bonchev–Trinajstić information content (AvgIpc) is 3.24. The molecule has 1 fully saturated rings. The van der Waals surface area contributed by atoms with Crippen LogP contribution in [0, 0.1) is 0 Å². The maximum absolute atomic E-state index is 12.6. The van der Waals surface area contributed by atoms with Crippen molar-refractivity contribution in [1.82, 2.24) is 19.8 Å². The molecule has 0 bridgehead atoms. The summed E-state index contributed by atoms with van der Waals surface area (Å²) in [4.78, 5) is 37.6. The first-order valence-corrected chi connectivity index (χ1v) is 9.90. The van der Waals surface area contributed by atoms with E-state index in [2.05, 4.69) is 14.9 Å². The second kappa shape index (κ2) is 6.70. The largest absolute Gasteiger partial charge is 0.340 e. The molecule has 0 aliphatic carbocycles. The number of aromatic amines is 1. The van der Waals surface area contributed by atoms with E-state index in [0.29, 0.717) is 17.8 Å². The van der Waals surface area contributed by atoms with Crippen LogP contribution in [-0.4, -0.2) is 51.9 Å². The van der Waals surface area contributed by atoms with Crippen LogP contribution in [0.2, 0.25) is 0 Å². The maximum Gasteiger partial charge on any atom is 0.260 e. The van der Waals surface area contributed by atoms with Crippen molar-refractivity contribution in [3.63, 3.8) is 0 Å².